The molecule has 1 saturated heterocycles. The van der Waals surface area contributed by atoms with Crippen LogP contribution >= 0.6 is 11.8 Å². The molecule has 134 valence electrons. The largest absolute Gasteiger partial charge is 0.377 e. The zero-order chi connectivity index (χ0) is 17.9. The number of halogens is 1. The van der Waals surface area contributed by atoms with Crippen LogP contribution in [0.2, 0.25) is 0 Å². The molecule has 0 N–H and O–H groups in total. The molecule has 0 radical (unpaired) electrons. The molecule has 1 atom stereocenters. The van der Waals surface area contributed by atoms with Crippen molar-refractivity contribution < 1.29 is 9.13 Å². The van der Waals surface area contributed by atoms with E-state index < -0.39 is 5.82 Å². The Bertz CT molecular complexity index is 983. The summed E-state index contributed by atoms with van der Waals surface area (Å²) in [6.07, 6.45) is 3.39. The predicted octanol–water partition coefficient (Wildman–Crippen LogP) is 4.19. The second-order valence-corrected chi connectivity index (χ2v) is 7.29. The summed E-state index contributed by atoms with van der Waals surface area (Å²) in [5.41, 5.74) is 0.590. The van der Waals surface area contributed by atoms with Gasteiger partial charge in [-0.1, -0.05) is 36.0 Å². The first-order valence-electron chi connectivity index (χ1n) is 8.75. The Morgan fingerprint density at radius 2 is 1.96 bits per heavy atom. The fourth-order valence-corrected chi connectivity index (χ4v) is 4.23. The third-order valence-electron chi connectivity index (χ3n) is 4.51. The molecule has 0 aliphatic carbocycles. The molecule has 3 aromatic rings. The fourth-order valence-electron chi connectivity index (χ4n) is 3.16. The first-order chi connectivity index (χ1) is 12.7. The number of hydrogen-bond donors (Lipinski definition) is 0. The van der Waals surface area contributed by atoms with Gasteiger partial charge in [0, 0.05) is 12.4 Å². The lowest BCUT2D eigenvalue weighted by Crippen LogP contribution is -2.25. The Kier molecular flexibility index (Phi) is 5.04. The summed E-state index contributed by atoms with van der Waals surface area (Å²) in [4.78, 5) is 17.7. The Labute approximate surface area is 155 Å². The van der Waals surface area contributed by atoms with Crippen LogP contribution in [0.4, 0.5) is 4.39 Å². The van der Waals surface area contributed by atoms with Gasteiger partial charge < -0.3 is 4.74 Å². The molecule has 2 aromatic carbocycles. The van der Waals surface area contributed by atoms with Gasteiger partial charge in [-0.3, -0.25) is 9.36 Å². The molecule has 1 fully saturated rings. The average molecular weight is 370 g/mol. The van der Waals surface area contributed by atoms with Crippen LogP contribution in [0.3, 0.4) is 0 Å². The van der Waals surface area contributed by atoms with Crippen LogP contribution in [0.1, 0.15) is 19.3 Å². The van der Waals surface area contributed by atoms with E-state index in [0.29, 0.717) is 21.8 Å². The molecule has 0 bridgehead atoms. The van der Waals surface area contributed by atoms with Gasteiger partial charge in [-0.25, -0.2) is 9.37 Å². The Morgan fingerprint density at radius 3 is 2.77 bits per heavy atom. The maximum atomic E-state index is 14.4. The molecule has 6 heteroatoms. The van der Waals surface area contributed by atoms with Crippen molar-refractivity contribution in [2.75, 3.05) is 12.4 Å². The lowest BCUT2D eigenvalue weighted by molar-refractivity contribution is 0.0315. The first-order valence-corrected chi connectivity index (χ1v) is 9.74. The van der Waals surface area contributed by atoms with Gasteiger partial charge in [-0.15, -0.1) is 0 Å². The summed E-state index contributed by atoms with van der Waals surface area (Å²) >= 11 is 1.45. The van der Waals surface area contributed by atoms with Gasteiger partial charge in [0.05, 0.1) is 22.7 Å². The van der Waals surface area contributed by atoms with E-state index in [1.807, 2.05) is 12.1 Å². The average Bonchev–Trinajstić information content (AvgIpc) is 2.68. The molecule has 1 aliphatic rings. The minimum Gasteiger partial charge on any atom is -0.377 e. The molecule has 0 saturated carbocycles. The highest BCUT2D eigenvalue weighted by molar-refractivity contribution is 7.99. The third kappa shape index (κ3) is 3.39. The second kappa shape index (κ2) is 7.60. The predicted molar refractivity (Wildman–Crippen MR) is 102 cm³/mol. The number of ether oxygens (including phenoxy) is 1. The number of nitrogens with zero attached hydrogens (tertiary/aromatic N) is 2. The zero-order valence-corrected chi connectivity index (χ0v) is 15.0. The van der Waals surface area contributed by atoms with Crippen molar-refractivity contribution in [3.8, 4) is 5.69 Å². The lowest BCUT2D eigenvalue weighted by Gasteiger charge is -2.22. The number of hydrogen-bond acceptors (Lipinski definition) is 4. The van der Waals surface area contributed by atoms with E-state index in [9.17, 15) is 9.18 Å². The van der Waals surface area contributed by atoms with Gasteiger partial charge >= 0.3 is 0 Å². The van der Waals surface area contributed by atoms with Crippen molar-refractivity contribution in [3.05, 3.63) is 64.7 Å². The lowest BCUT2D eigenvalue weighted by atomic mass is 10.1. The maximum Gasteiger partial charge on any atom is 0.266 e. The molecule has 2 heterocycles. The highest BCUT2D eigenvalue weighted by atomic mass is 32.2. The summed E-state index contributed by atoms with van der Waals surface area (Å²) in [5.74, 6) is 0.252. The molecule has 0 spiro atoms. The van der Waals surface area contributed by atoms with E-state index in [1.54, 1.807) is 30.3 Å². The van der Waals surface area contributed by atoms with Crippen molar-refractivity contribution in [2.24, 2.45) is 0 Å². The van der Waals surface area contributed by atoms with Crippen LogP contribution in [-0.2, 0) is 4.74 Å². The normalized spacial score (nSPS) is 17.5. The molecule has 26 heavy (non-hydrogen) atoms. The number of para-hydroxylation sites is 2. The molecular formula is C20H19FN2O2S. The number of benzene rings is 2. The van der Waals surface area contributed by atoms with Gasteiger partial charge in [0.1, 0.15) is 5.82 Å². The molecule has 0 amide bonds. The molecule has 1 aliphatic heterocycles. The van der Waals surface area contributed by atoms with Gasteiger partial charge in [0.2, 0.25) is 0 Å². The van der Waals surface area contributed by atoms with Crippen LogP contribution in [-0.4, -0.2) is 28.0 Å². The SMILES string of the molecule is O=c1c2ccccc2nc(SC[C@@H]2CCCCO2)n1-c1ccccc1F. The van der Waals surface area contributed by atoms with Crippen molar-refractivity contribution in [1.82, 2.24) is 9.55 Å². The minimum atomic E-state index is -0.442. The van der Waals surface area contributed by atoms with Crippen LogP contribution < -0.4 is 5.56 Å². The van der Waals surface area contributed by atoms with Crippen molar-refractivity contribution in [1.29, 1.82) is 0 Å². The Morgan fingerprint density at radius 1 is 1.15 bits per heavy atom. The summed E-state index contributed by atoms with van der Waals surface area (Å²) in [6, 6.07) is 13.5. The number of rotatable bonds is 4. The number of aromatic nitrogens is 2. The van der Waals surface area contributed by atoms with Crippen LogP contribution in [0.15, 0.2) is 58.5 Å². The van der Waals surface area contributed by atoms with Crippen LogP contribution in [0, 0.1) is 5.82 Å². The van der Waals surface area contributed by atoms with Crippen molar-refractivity contribution in [3.63, 3.8) is 0 Å². The standard InChI is InChI=1S/C20H19FN2O2S/c21-16-9-2-4-11-18(16)23-19(24)15-8-1-3-10-17(15)22-20(23)26-13-14-7-5-6-12-25-14/h1-4,8-11,14H,5-7,12-13H2/t14-/m0/s1. The second-order valence-electron chi connectivity index (χ2n) is 6.30. The van der Waals surface area contributed by atoms with E-state index in [0.717, 1.165) is 25.9 Å². The van der Waals surface area contributed by atoms with E-state index >= 15 is 0 Å². The molecule has 4 nitrogen and oxygen atoms in total. The Balaban J connectivity index is 1.80. The maximum absolute atomic E-state index is 14.4. The van der Waals surface area contributed by atoms with Gasteiger partial charge in [0.25, 0.3) is 5.56 Å². The summed E-state index contributed by atoms with van der Waals surface area (Å²) in [7, 11) is 0. The van der Waals surface area contributed by atoms with Gasteiger partial charge in [-0.05, 0) is 43.5 Å². The molecule has 4 rings (SSSR count). The topological polar surface area (TPSA) is 44.1 Å². The molecule has 1 aromatic heterocycles. The van der Waals surface area contributed by atoms with E-state index in [4.69, 9.17) is 4.74 Å². The van der Waals surface area contributed by atoms with E-state index in [-0.39, 0.29) is 17.4 Å². The van der Waals surface area contributed by atoms with Crippen molar-refractivity contribution >= 4 is 22.7 Å². The summed E-state index contributed by atoms with van der Waals surface area (Å²) < 4.78 is 21.6. The first kappa shape index (κ1) is 17.2. The van der Waals surface area contributed by atoms with Gasteiger partial charge in [0.15, 0.2) is 5.16 Å². The van der Waals surface area contributed by atoms with E-state index in [2.05, 4.69) is 4.98 Å². The smallest absolute Gasteiger partial charge is 0.266 e. The highest BCUT2D eigenvalue weighted by Crippen LogP contribution is 2.26. The molecule has 0 unspecified atom stereocenters. The molecular weight excluding hydrogens is 351 g/mol. The van der Waals surface area contributed by atoms with Crippen molar-refractivity contribution in [2.45, 2.75) is 30.5 Å². The quantitative estimate of drug-likeness (QED) is 0.510. The summed E-state index contributed by atoms with van der Waals surface area (Å²) in [6.45, 7) is 0.774. The van der Waals surface area contributed by atoms with Crippen LogP contribution in [0.25, 0.3) is 16.6 Å². The minimum absolute atomic E-state index is 0.145. The highest BCUT2D eigenvalue weighted by Gasteiger charge is 2.19. The third-order valence-corrected chi connectivity index (χ3v) is 5.58. The van der Waals surface area contributed by atoms with E-state index in [1.165, 1.54) is 22.4 Å². The van der Waals surface area contributed by atoms with Crippen LogP contribution in [0.5, 0.6) is 0 Å². The summed E-state index contributed by atoms with van der Waals surface area (Å²) in [5, 5.41) is 0.974. The number of thioether (sulfide) groups is 1. The number of fused-ring (bicyclic) bond motifs is 1. The fraction of sp³-hybridized carbons (Fsp3) is 0.300. The van der Waals surface area contributed by atoms with Gasteiger partial charge in [-0.2, -0.15) is 0 Å². The zero-order valence-electron chi connectivity index (χ0n) is 14.2. The Hall–Kier alpha value is -2.18. The monoisotopic (exact) mass is 370 g/mol.